The molecule has 0 bridgehead atoms. The van der Waals surface area contributed by atoms with E-state index in [1.165, 1.54) is 71.4 Å². The second kappa shape index (κ2) is 8.35. The number of rotatable bonds is 7. The first-order valence-electron chi connectivity index (χ1n) is 8.94. The maximum absolute atomic E-state index is 3.85. The van der Waals surface area contributed by atoms with Gasteiger partial charge in [0.05, 0.1) is 0 Å². The fraction of sp³-hybridized carbons (Fsp3) is 1.00. The van der Waals surface area contributed by atoms with E-state index in [1.807, 2.05) is 0 Å². The number of likely N-dealkylation sites (tertiary alicyclic amines) is 2. The summed E-state index contributed by atoms with van der Waals surface area (Å²) in [5, 5.41) is 3.85. The molecule has 0 saturated carbocycles. The molecule has 2 saturated heterocycles. The molecular formula is C17H35N3. The minimum Gasteiger partial charge on any atom is -0.312 e. The molecule has 2 aliphatic heterocycles. The zero-order valence-electron chi connectivity index (χ0n) is 13.9. The Balaban J connectivity index is 1.66. The van der Waals surface area contributed by atoms with Gasteiger partial charge in [0.2, 0.25) is 0 Å². The van der Waals surface area contributed by atoms with Gasteiger partial charge in [-0.1, -0.05) is 13.8 Å². The summed E-state index contributed by atoms with van der Waals surface area (Å²) in [6.45, 7) is 14.6. The van der Waals surface area contributed by atoms with Crippen molar-refractivity contribution in [3.05, 3.63) is 0 Å². The highest BCUT2D eigenvalue weighted by atomic mass is 15.2. The van der Waals surface area contributed by atoms with Gasteiger partial charge in [-0.25, -0.2) is 0 Å². The lowest BCUT2D eigenvalue weighted by atomic mass is 9.90. The normalized spacial score (nSPS) is 28.1. The predicted octanol–water partition coefficient (Wildman–Crippen LogP) is 2.57. The lowest BCUT2D eigenvalue weighted by Gasteiger charge is -2.36. The van der Waals surface area contributed by atoms with Crippen LogP contribution in [0.2, 0.25) is 0 Å². The van der Waals surface area contributed by atoms with Crippen LogP contribution in [0, 0.1) is 5.92 Å². The molecule has 0 spiro atoms. The van der Waals surface area contributed by atoms with Crippen molar-refractivity contribution in [1.29, 1.82) is 0 Å². The molecule has 3 heteroatoms. The summed E-state index contributed by atoms with van der Waals surface area (Å²) >= 11 is 0. The Morgan fingerprint density at radius 3 is 2.50 bits per heavy atom. The van der Waals surface area contributed by atoms with E-state index in [1.54, 1.807) is 0 Å². The monoisotopic (exact) mass is 281 g/mol. The highest BCUT2D eigenvalue weighted by molar-refractivity contribution is 4.84. The molecule has 0 aliphatic carbocycles. The Morgan fingerprint density at radius 2 is 1.85 bits per heavy atom. The summed E-state index contributed by atoms with van der Waals surface area (Å²) < 4.78 is 0. The molecule has 20 heavy (non-hydrogen) atoms. The van der Waals surface area contributed by atoms with E-state index in [2.05, 4.69) is 35.9 Å². The molecule has 2 atom stereocenters. The van der Waals surface area contributed by atoms with Gasteiger partial charge in [-0.05, 0) is 77.7 Å². The van der Waals surface area contributed by atoms with E-state index in [-0.39, 0.29) is 0 Å². The maximum Gasteiger partial charge on any atom is 0.0221 e. The highest BCUT2D eigenvalue weighted by Crippen LogP contribution is 2.21. The second-order valence-corrected chi connectivity index (χ2v) is 6.80. The molecule has 2 fully saturated rings. The van der Waals surface area contributed by atoms with E-state index in [9.17, 15) is 0 Å². The summed E-state index contributed by atoms with van der Waals surface area (Å²) in [6, 6.07) is 1.49. The van der Waals surface area contributed by atoms with Gasteiger partial charge in [-0.3, -0.25) is 4.90 Å². The van der Waals surface area contributed by atoms with Crippen molar-refractivity contribution >= 4 is 0 Å². The fourth-order valence-electron chi connectivity index (χ4n) is 4.02. The smallest absolute Gasteiger partial charge is 0.0221 e. The Hall–Kier alpha value is -0.120. The number of nitrogens with one attached hydrogen (secondary N) is 1. The van der Waals surface area contributed by atoms with Gasteiger partial charge in [0.15, 0.2) is 0 Å². The largest absolute Gasteiger partial charge is 0.312 e. The summed E-state index contributed by atoms with van der Waals surface area (Å²) in [4.78, 5) is 5.28. The minimum absolute atomic E-state index is 0.693. The first-order chi connectivity index (χ1) is 9.74. The number of likely N-dealkylation sites (N-methyl/N-ethyl adjacent to an activating group) is 1. The molecule has 3 nitrogen and oxygen atoms in total. The Bertz CT molecular complexity index is 261. The quantitative estimate of drug-likeness (QED) is 0.774. The van der Waals surface area contributed by atoms with Crippen molar-refractivity contribution < 1.29 is 0 Å². The van der Waals surface area contributed by atoms with E-state index < -0.39 is 0 Å². The number of hydrogen-bond acceptors (Lipinski definition) is 3. The molecule has 2 unspecified atom stereocenters. The van der Waals surface area contributed by atoms with Gasteiger partial charge in [-0.15, -0.1) is 0 Å². The van der Waals surface area contributed by atoms with Gasteiger partial charge in [-0.2, -0.15) is 0 Å². The van der Waals surface area contributed by atoms with Crippen molar-refractivity contribution in [3.63, 3.8) is 0 Å². The van der Waals surface area contributed by atoms with Gasteiger partial charge in [0, 0.05) is 18.6 Å². The van der Waals surface area contributed by atoms with Crippen LogP contribution in [-0.4, -0.2) is 61.2 Å². The molecular weight excluding hydrogens is 246 g/mol. The van der Waals surface area contributed by atoms with Crippen molar-refractivity contribution in [1.82, 2.24) is 15.1 Å². The highest BCUT2D eigenvalue weighted by Gasteiger charge is 2.26. The standard InChI is InChI=1S/C17H35N3/c1-4-10-19-12-8-16(9-13-19)15(3)18-14-17-7-6-11-20(17)5-2/h15-18H,4-14H2,1-3H3. The van der Waals surface area contributed by atoms with Crippen molar-refractivity contribution in [2.75, 3.05) is 39.3 Å². The predicted molar refractivity (Wildman–Crippen MR) is 87.2 cm³/mol. The van der Waals surface area contributed by atoms with E-state index >= 15 is 0 Å². The van der Waals surface area contributed by atoms with Crippen LogP contribution >= 0.6 is 0 Å². The van der Waals surface area contributed by atoms with Crippen LogP contribution in [0.5, 0.6) is 0 Å². The average molecular weight is 281 g/mol. The molecule has 0 aromatic heterocycles. The van der Waals surface area contributed by atoms with Crippen LogP contribution < -0.4 is 5.32 Å². The first-order valence-corrected chi connectivity index (χ1v) is 8.94. The zero-order valence-corrected chi connectivity index (χ0v) is 13.9. The third-order valence-electron chi connectivity index (χ3n) is 5.46. The van der Waals surface area contributed by atoms with Gasteiger partial charge >= 0.3 is 0 Å². The molecule has 2 rings (SSSR count). The fourth-order valence-corrected chi connectivity index (χ4v) is 4.02. The Labute approximate surface area is 126 Å². The topological polar surface area (TPSA) is 18.5 Å². The summed E-state index contributed by atoms with van der Waals surface area (Å²) in [7, 11) is 0. The zero-order chi connectivity index (χ0) is 14.4. The third kappa shape index (κ3) is 4.44. The summed E-state index contributed by atoms with van der Waals surface area (Å²) in [6.07, 6.45) is 6.85. The van der Waals surface area contributed by atoms with E-state index in [0.29, 0.717) is 6.04 Å². The number of piperidine rings is 1. The molecule has 0 aromatic rings. The van der Waals surface area contributed by atoms with Crippen LogP contribution in [0.15, 0.2) is 0 Å². The molecule has 0 amide bonds. The molecule has 118 valence electrons. The Morgan fingerprint density at radius 1 is 1.10 bits per heavy atom. The van der Waals surface area contributed by atoms with Crippen molar-refractivity contribution in [2.24, 2.45) is 5.92 Å². The van der Waals surface area contributed by atoms with Crippen molar-refractivity contribution in [2.45, 2.75) is 65.0 Å². The van der Waals surface area contributed by atoms with Crippen LogP contribution in [0.25, 0.3) is 0 Å². The van der Waals surface area contributed by atoms with Gasteiger partial charge in [0.1, 0.15) is 0 Å². The minimum atomic E-state index is 0.693. The van der Waals surface area contributed by atoms with Crippen LogP contribution in [-0.2, 0) is 0 Å². The van der Waals surface area contributed by atoms with E-state index in [4.69, 9.17) is 0 Å². The molecule has 2 heterocycles. The second-order valence-electron chi connectivity index (χ2n) is 6.80. The average Bonchev–Trinajstić information content (AvgIpc) is 2.93. The first kappa shape index (κ1) is 16.3. The van der Waals surface area contributed by atoms with Crippen molar-refractivity contribution in [3.8, 4) is 0 Å². The van der Waals surface area contributed by atoms with Crippen LogP contribution in [0.1, 0.15) is 52.9 Å². The summed E-state index contributed by atoms with van der Waals surface area (Å²) in [5.74, 6) is 0.889. The lowest BCUT2D eigenvalue weighted by Crippen LogP contribution is -2.46. The molecule has 1 N–H and O–H groups in total. The number of nitrogens with zero attached hydrogens (tertiary/aromatic N) is 2. The lowest BCUT2D eigenvalue weighted by molar-refractivity contribution is 0.158. The maximum atomic E-state index is 3.85. The number of hydrogen-bond donors (Lipinski definition) is 1. The summed E-state index contributed by atoms with van der Waals surface area (Å²) in [5.41, 5.74) is 0. The van der Waals surface area contributed by atoms with Gasteiger partial charge in [0.25, 0.3) is 0 Å². The van der Waals surface area contributed by atoms with Crippen LogP contribution in [0.3, 0.4) is 0 Å². The third-order valence-corrected chi connectivity index (χ3v) is 5.46. The molecule has 0 radical (unpaired) electrons. The molecule has 0 aromatic carbocycles. The Kier molecular flexibility index (Phi) is 6.79. The van der Waals surface area contributed by atoms with Crippen LogP contribution in [0.4, 0.5) is 0 Å². The molecule has 2 aliphatic rings. The van der Waals surface area contributed by atoms with Gasteiger partial charge < -0.3 is 10.2 Å². The SMILES string of the molecule is CCCN1CCC(C(C)NCC2CCCN2CC)CC1. The van der Waals surface area contributed by atoms with E-state index in [0.717, 1.165) is 12.0 Å².